The van der Waals surface area contributed by atoms with E-state index < -0.39 is 0 Å². The quantitative estimate of drug-likeness (QED) is 0.809. The highest BCUT2D eigenvalue weighted by Gasteiger charge is 2.06. The summed E-state index contributed by atoms with van der Waals surface area (Å²) in [5.74, 6) is 0. The summed E-state index contributed by atoms with van der Waals surface area (Å²) in [4.78, 5) is 2.16. The molecule has 0 aliphatic heterocycles. The maximum Gasteiger partial charge on any atom is 0.0459 e. The van der Waals surface area contributed by atoms with Crippen molar-refractivity contribution in [3.63, 3.8) is 0 Å². The standard InChI is InChI=1S/C16H22N2/c1-6-11-18(13(4)7-2)15-9-10-16(17-5)14(8-3)12-15/h6-12,17H,3H2,1-2,4-5H3/b11-6-,13-7+. The van der Waals surface area contributed by atoms with E-state index >= 15 is 0 Å². The van der Waals surface area contributed by atoms with Crippen molar-refractivity contribution in [2.24, 2.45) is 0 Å². The summed E-state index contributed by atoms with van der Waals surface area (Å²) < 4.78 is 0. The maximum atomic E-state index is 3.86. The lowest BCUT2D eigenvalue weighted by atomic mass is 10.1. The van der Waals surface area contributed by atoms with Gasteiger partial charge >= 0.3 is 0 Å². The molecule has 0 bridgehead atoms. The number of rotatable bonds is 5. The van der Waals surface area contributed by atoms with E-state index in [9.17, 15) is 0 Å². The Bertz CT molecular complexity index is 470. The molecule has 0 amide bonds. The third-order valence-corrected chi connectivity index (χ3v) is 2.90. The molecule has 0 saturated carbocycles. The predicted molar refractivity (Wildman–Crippen MR) is 82.8 cm³/mol. The zero-order chi connectivity index (χ0) is 13.5. The van der Waals surface area contributed by atoms with Gasteiger partial charge in [-0.3, -0.25) is 0 Å². The first-order valence-electron chi connectivity index (χ1n) is 6.17. The second-order valence-corrected chi connectivity index (χ2v) is 4.01. The number of allylic oxidation sites excluding steroid dienone is 3. The van der Waals surface area contributed by atoms with Gasteiger partial charge in [-0.1, -0.05) is 24.8 Å². The summed E-state index contributed by atoms with van der Waals surface area (Å²) in [5.41, 5.74) is 4.53. The first-order chi connectivity index (χ1) is 8.67. The van der Waals surface area contributed by atoms with Gasteiger partial charge in [0.2, 0.25) is 0 Å². The highest BCUT2D eigenvalue weighted by atomic mass is 15.1. The highest BCUT2D eigenvalue weighted by molar-refractivity contribution is 5.72. The van der Waals surface area contributed by atoms with Crippen molar-refractivity contribution < 1.29 is 0 Å². The molecule has 0 unspecified atom stereocenters. The number of anilines is 2. The fraction of sp³-hybridized carbons (Fsp3) is 0.250. The summed E-state index contributed by atoms with van der Waals surface area (Å²) in [7, 11) is 1.92. The normalized spacial score (nSPS) is 11.7. The Morgan fingerprint density at radius 1 is 1.33 bits per heavy atom. The predicted octanol–water partition coefficient (Wildman–Crippen LogP) is 4.64. The number of benzene rings is 1. The van der Waals surface area contributed by atoms with Crippen LogP contribution in [0.5, 0.6) is 0 Å². The molecule has 1 aromatic carbocycles. The van der Waals surface area contributed by atoms with Gasteiger partial charge in [0.25, 0.3) is 0 Å². The first-order valence-corrected chi connectivity index (χ1v) is 6.17. The number of hydrogen-bond donors (Lipinski definition) is 1. The van der Waals surface area contributed by atoms with Crippen molar-refractivity contribution in [2.45, 2.75) is 20.8 Å². The van der Waals surface area contributed by atoms with Crippen LogP contribution in [-0.2, 0) is 0 Å². The van der Waals surface area contributed by atoms with Crippen LogP contribution in [0, 0.1) is 0 Å². The summed E-state index contributed by atoms with van der Waals surface area (Å²) in [5, 5.41) is 3.17. The number of nitrogens with one attached hydrogen (secondary N) is 1. The molecular formula is C16H22N2. The van der Waals surface area contributed by atoms with E-state index in [2.05, 4.69) is 54.2 Å². The van der Waals surface area contributed by atoms with Crippen LogP contribution in [-0.4, -0.2) is 7.05 Å². The molecule has 0 aliphatic carbocycles. The van der Waals surface area contributed by atoms with Crippen molar-refractivity contribution in [3.05, 3.63) is 54.4 Å². The van der Waals surface area contributed by atoms with Crippen LogP contribution in [0.4, 0.5) is 11.4 Å². The third kappa shape index (κ3) is 3.04. The fourth-order valence-electron chi connectivity index (χ4n) is 1.79. The average Bonchev–Trinajstić information content (AvgIpc) is 2.43. The summed E-state index contributed by atoms with van der Waals surface area (Å²) in [6.07, 6.45) is 8.07. The van der Waals surface area contributed by atoms with Crippen molar-refractivity contribution in [1.82, 2.24) is 0 Å². The molecule has 1 rings (SSSR count). The second kappa shape index (κ2) is 6.70. The molecule has 0 fully saturated rings. The summed E-state index contributed by atoms with van der Waals surface area (Å²) >= 11 is 0. The molecule has 2 nitrogen and oxygen atoms in total. The monoisotopic (exact) mass is 242 g/mol. The second-order valence-electron chi connectivity index (χ2n) is 4.01. The molecular weight excluding hydrogens is 220 g/mol. The molecule has 0 atom stereocenters. The van der Waals surface area contributed by atoms with E-state index in [1.165, 1.54) is 5.70 Å². The van der Waals surface area contributed by atoms with E-state index in [0.717, 1.165) is 16.9 Å². The van der Waals surface area contributed by atoms with Crippen molar-refractivity contribution in [2.75, 3.05) is 17.3 Å². The zero-order valence-corrected chi connectivity index (χ0v) is 11.7. The van der Waals surface area contributed by atoms with Crippen molar-refractivity contribution >= 4 is 17.5 Å². The zero-order valence-electron chi connectivity index (χ0n) is 11.7. The Morgan fingerprint density at radius 3 is 2.56 bits per heavy atom. The van der Waals surface area contributed by atoms with E-state index in [1.54, 1.807) is 0 Å². The highest BCUT2D eigenvalue weighted by Crippen LogP contribution is 2.26. The van der Waals surface area contributed by atoms with Gasteiger partial charge in [-0.05, 0) is 44.5 Å². The molecule has 0 heterocycles. The maximum absolute atomic E-state index is 3.86. The molecule has 0 aromatic heterocycles. The SMILES string of the molecule is C=Cc1cc(N(/C=C\C)/C(C)=C/C)ccc1NC. The Kier molecular flexibility index (Phi) is 5.25. The van der Waals surface area contributed by atoms with Crippen LogP contribution in [0.3, 0.4) is 0 Å². The van der Waals surface area contributed by atoms with Gasteiger partial charge in [0.1, 0.15) is 0 Å². The molecule has 0 spiro atoms. The van der Waals surface area contributed by atoms with Crippen molar-refractivity contribution in [3.8, 4) is 0 Å². The van der Waals surface area contributed by atoms with Gasteiger partial charge in [-0.2, -0.15) is 0 Å². The first kappa shape index (κ1) is 14.1. The molecule has 0 aliphatic rings. The molecule has 1 aromatic rings. The molecule has 18 heavy (non-hydrogen) atoms. The van der Waals surface area contributed by atoms with Gasteiger partial charge in [0.05, 0.1) is 0 Å². The van der Waals surface area contributed by atoms with Crippen LogP contribution in [0.15, 0.2) is 48.8 Å². The van der Waals surface area contributed by atoms with E-state index in [1.807, 2.05) is 33.0 Å². The van der Waals surface area contributed by atoms with E-state index in [0.29, 0.717) is 0 Å². The lowest BCUT2D eigenvalue weighted by Crippen LogP contribution is -2.13. The van der Waals surface area contributed by atoms with Gasteiger partial charge in [0.15, 0.2) is 0 Å². The Morgan fingerprint density at radius 2 is 2.06 bits per heavy atom. The molecule has 0 radical (unpaired) electrons. The fourth-order valence-corrected chi connectivity index (χ4v) is 1.79. The Labute approximate surface area is 110 Å². The minimum atomic E-state index is 1.09. The van der Waals surface area contributed by atoms with Crippen LogP contribution in [0.1, 0.15) is 26.3 Å². The van der Waals surface area contributed by atoms with Crippen LogP contribution in [0.25, 0.3) is 6.08 Å². The molecule has 96 valence electrons. The molecule has 1 N–H and O–H groups in total. The van der Waals surface area contributed by atoms with Gasteiger partial charge in [-0.15, -0.1) is 0 Å². The largest absolute Gasteiger partial charge is 0.388 e. The Hall–Kier alpha value is -1.96. The third-order valence-electron chi connectivity index (χ3n) is 2.90. The van der Waals surface area contributed by atoms with Crippen LogP contribution in [0.2, 0.25) is 0 Å². The van der Waals surface area contributed by atoms with Crippen molar-refractivity contribution in [1.29, 1.82) is 0 Å². The van der Waals surface area contributed by atoms with Gasteiger partial charge in [0, 0.05) is 30.3 Å². The smallest absolute Gasteiger partial charge is 0.0459 e. The number of hydrogen-bond acceptors (Lipinski definition) is 2. The van der Waals surface area contributed by atoms with E-state index in [4.69, 9.17) is 0 Å². The van der Waals surface area contributed by atoms with Crippen LogP contribution >= 0.6 is 0 Å². The molecule has 0 saturated heterocycles. The van der Waals surface area contributed by atoms with E-state index in [-0.39, 0.29) is 0 Å². The lowest BCUT2D eigenvalue weighted by molar-refractivity contribution is 1.14. The van der Waals surface area contributed by atoms with Gasteiger partial charge < -0.3 is 10.2 Å². The topological polar surface area (TPSA) is 15.3 Å². The molecule has 2 heteroatoms. The van der Waals surface area contributed by atoms with Gasteiger partial charge in [-0.25, -0.2) is 0 Å². The lowest BCUT2D eigenvalue weighted by Gasteiger charge is -2.22. The minimum absolute atomic E-state index is 1.09. The average molecular weight is 242 g/mol. The number of nitrogens with zero attached hydrogens (tertiary/aromatic N) is 1. The Balaban J connectivity index is 3.25. The minimum Gasteiger partial charge on any atom is -0.388 e. The van der Waals surface area contributed by atoms with Crippen LogP contribution < -0.4 is 10.2 Å². The summed E-state index contributed by atoms with van der Waals surface area (Å²) in [6, 6.07) is 6.31. The summed E-state index contributed by atoms with van der Waals surface area (Å²) in [6.45, 7) is 10.0.